The van der Waals surface area contributed by atoms with Crippen LogP contribution in [0, 0.1) is 0 Å². The molecule has 2 aliphatic rings. The zero-order valence-corrected chi connectivity index (χ0v) is 15.6. The van der Waals surface area contributed by atoms with Crippen LogP contribution in [0.1, 0.15) is 36.9 Å². The number of likely N-dealkylation sites (tertiary alicyclic amines) is 1. The Hall–Kier alpha value is -2.83. The molecule has 1 N–H and O–H groups in total. The summed E-state index contributed by atoms with van der Waals surface area (Å²) in [6, 6.07) is 11.1. The average molecular weight is 388 g/mol. The van der Waals surface area contributed by atoms with Crippen molar-refractivity contribution in [2.24, 2.45) is 0 Å². The minimum atomic E-state index is -2.96. The Morgan fingerprint density at radius 3 is 2.71 bits per heavy atom. The number of anilines is 1. The molecule has 0 spiro atoms. The fourth-order valence-corrected chi connectivity index (χ4v) is 3.69. The molecule has 2 aliphatic heterocycles. The highest BCUT2D eigenvalue weighted by molar-refractivity contribution is 5.90. The fraction of sp³-hybridized carbons (Fsp3) is 0.381. The van der Waals surface area contributed by atoms with Crippen molar-refractivity contribution in [3.05, 3.63) is 53.6 Å². The van der Waals surface area contributed by atoms with Gasteiger partial charge in [-0.05, 0) is 42.7 Å². The predicted molar refractivity (Wildman–Crippen MR) is 101 cm³/mol. The first-order valence-electron chi connectivity index (χ1n) is 9.37. The molecule has 2 heterocycles. The van der Waals surface area contributed by atoms with Gasteiger partial charge < -0.3 is 19.7 Å². The number of hydrogen-bond donors (Lipinski definition) is 1. The van der Waals surface area contributed by atoms with Gasteiger partial charge in [-0.15, -0.1) is 0 Å². The summed E-state index contributed by atoms with van der Waals surface area (Å²) < 4.78 is 38.3. The van der Waals surface area contributed by atoms with E-state index in [9.17, 15) is 13.6 Å². The molecule has 0 bridgehead atoms. The Morgan fingerprint density at radius 1 is 1.14 bits per heavy atom. The number of nitrogens with zero attached hydrogens (tertiary/aromatic N) is 1. The second-order valence-electron chi connectivity index (χ2n) is 7.15. The Labute approximate surface area is 162 Å². The molecule has 2 aromatic rings. The first-order chi connectivity index (χ1) is 13.4. The van der Waals surface area contributed by atoms with Crippen LogP contribution in [0.25, 0.3) is 0 Å². The Balaban J connectivity index is 1.51. The first-order valence-corrected chi connectivity index (χ1v) is 9.37. The van der Waals surface area contributed by atoms with Gasteiger partial charge in [-0.1, -0.05) is 18.2 Å². The van der Waals surface area contributed by atoms with Crippen LogP contribution in [0.2, 0.25) is 0 Å². The standard InChI is InChI=1S/C21H22F2N2O3/c1-21(22,23)15-4-2-5-16(13-15)24-20(26)25-9-3-6-17(25)14-7-8-18-19(12-14)28-11-10-27-18/h2,4-5,7-8,12-13,17H,3,6,9-11H2,1H3,(H,24,26). The highest BCUT2D eigenvalue weighted by Gasteiger charge is 2.31. The van der Waals surface area contributed by atoms with Gasteiger partial charge in [0.05, 0.1) is 6.04 Å². The summed E-state index contributed by atoms with van der Waals surface area (Å²) in [6.45, 7) is 2.48. The maximum Gasteiger partial charge on any atom is 0.322 e. The lowest BCUT2D eigenvalue weighted by Crippen LogP contribution is -2.34. The quantitative estimate of drug-likeness (QED) is 0.810. The van der Waals surface area contributed by atoms with Crippen molar-refractivity contribution in [2.45, 2.75) is 31.7 Å². The fourth-order valence-electron chi connectivity index (χ4n) is 3.69. The molecule has 1 unspecified atom stereocenters. The number of ether oxygens (including phenoxy) is 2. The van der Waals surface area contributed by atoms with Crippen molar-refractivity contribution in [3.8, 4) is 11.5 Å². The highest BCUT2D eigenvalue weighted by atomic mass is 19.3. The van der Waals surface area contributed by atoms with Gasteiger partial charge in [0.2, 0.25) is 0 Å². The lowest BCUT2D eigenvalue weighted by molar-refractivity contribution is 0.0175. The molecule has 1 fully saturated rings. The van der Waals surface area contributed by atoms with Crippen molar-refractivity contribution >= 4 is 11.7 Å². The number of nitrogens with one attached hydrogen (secondary N) is 1. The summed E-state index contributed by atoms with van der Waals surface area (Å²) in [6.07, 6.45) is 1.71. The smallest absolute Gasteiger partial charge is 0.322 e. The van der Waals surface area contributed by atoms with Crippen LogP contribution in [0.3, 0.4) is 0 Å². The molecule has 0 saturated carbocycles. The van der Waals surface area contributed by atoms with Gasteiger partial charge in [-0.25, -0.2) is 13.6 Å². The van der Waals surface area contributed by atoms with Crippen LogP contribution >= 0.6 is 0 Å². The lowest BCUT2D eigenvalue weighted by atomic mass is 10.0. The number of benzene rings is 2. The van der Waals surface area contributed by atoms with E-state index in [1.54, 1.807) is 11.0 Å². The average Bonchev–Trinajstić information content (AvgIpc) is 3.17. The predicted octanol–water partition coefficient (Wildman–Crippen LogP) is 4.94. The Morgan fingerprint density at radius 2 is 1.93 bits per heavy atom. The van der Waals surface area contributed by atoms with Crippen molar-refractivity contribution in [2.75, 3.05) is 25.1 Å². The van der Waals surface area contributed by atoms with Crippen molar-refractivity contribution in [1.82, 2.24) is 4.90 Å². The maximum absolute atomic E-state index is 13.5. The zero-order chi connectivity index (χ0) is 19.7. The normalized spacial score (nSPS) is 18.8. The number of carbonyl (C=O) groups is 1. The third-order valence-electron chi connectivity index (χ3n) is 5.09. The summed E-state index contributed by atoms with van der Waals surface area (Å²) in [5.41, 5.74) is 1.21. The van der Waals surface area contributed by atoms with Crippen molar-refractivity contribution in [1.29, 1.82) is 0 Å². The molecular weight excluding hydrogens is 366 g/mol. The second kappa shape index (κ2) is 7.30. The molecular formula is C21H22F2N2O3. The van der Waals surface area contributed by atoms with E-state index in [0.29, 0.717) is 36.9 Å². The van der Waals surface area contributed by atoms with Gasteiger partial charge >= 0.3 is 6.03 Å². The molecule has 148 valence electrons. The molecule has 0 aliphatic carbocycles. The number of rotatable bonds is 3. The third-order valence-corrected chi connectivity index (χ3v) is 5.09. The second-order valence-corrected chi connectivity index (χ2v) is 7.15. The molecule has 0 aromatic heterocycles. The largest absolute Gasteiger partial charge is 0.486 e. The van der Waals surface area contributed by atoms with Crippen LogP contribution in [0.5, 0.6) is 11.5 Å². The van der Waals surface area contributed by atoms with Crippen LogP contribution in [0.4, 0.5) is 19.3 Å². The van der Waals surface area contributed by atoms with Gasteiger partial charge in [0.1, 0.15) is 13.2 Å². The monoisotopic (exact) mass is 388 g/mol. The van der Waals surface area contributed by atoms with Crippen LogP contribution in [-0.4, -0.2) is 30.7 Å². The van der Waals surface area contributed by atoms with Gasteiger partial charge in [-0.2, -0.15) is 0 Å². The summed E-state index contributed by atoms with van der Waals surface area (Å²) >= 11 is 0. The molecule has 28 heavy (non-hydrogen) atoms. The van der Waals surface area contributed by atoms with E-state index in [1.807, 2.05) is 18.2 Å². The number of carbonyl (C=O) groups excluding carboxylic acids is 1. The van der Waals surface area contributed by atoms with Crippen LogP contribution < -0.4 is 14.8 Å². The van der Waals surface area contributed by atoms with E-state index in [0.717, 1.165) is 25.3 Å². The minimum Gasteiger partial charge on any atom is -0.486 e. The Kier molecular flexibility index (Phi) is 4.83. The van der Waals surface area contributed by atoms with E-state index in [-0.39, 0.29) is 17.6 Å². The first kappa shape index (κ1) is 18.5. The Bertz CT molecular complexity index is 882. The molecule has 5 nitrogen and oxygen atoms in total. The molecule has 0 radical (unpaired) electrons. The van der Waals surface area contributed by atoms with Gasteiger partial charge in [0.15, 0.2) is 11.5 Å². The molecule has 7 heteroatoms. The zero-order valence-electron chi connectivity index (χ0n) is 15.6. The van der Waals surface area contributed by atoms with E-state index < -0.39 is 5.92 Å². The molecule has 2 amide bonds. The number of hydrogen-bond acceptors (Lipinski definition) is 3. The molecule has 1 saturated heterocycles. The summed E-state index contributed by atoms with van der Waals surface area (Å²) in [5.74, 6) is -1.56. The van der Waals surface area contributed by atoms with Crippen molar-refractivity contribution in [3.63, 3.8) is 0 Å². The molecule has 1 atom stereocenters. The summed E-state index contributed by atoms with van der Waals surface area (Å²) in [4.78, 5) is 14.6. The van der Waals surface area contributed by atoms with Gasteiger partial charge in [0, 0.05) is 24.7 Å². The van der Waals surface area contributed by atoms with Gasteiger partial charge in [0.25, 0.3) is 5.92 Å². The lowest BCUT2D eigenvalue weighted by Gasteiger charge is -2.27. The molecule has 2 aromatic carbocycles. The van der Waals surface area contributed by atoms with E-state index in [4.69, 9.17) is 9.47 Å². The minimum absolute atomic E-state index is 0.0911. The van der Waals surface area contributed by atoms with Gasteiger partial charge in [-0.3, -0.25) is 0 Å². The number of fused-ring (bicyclic) bond motifs is 1. The van der Waals surface area contributed by atoms with E-state index >= 15 is 0 Å². The summed E-state index contributed by atoms with van der Waals surface area (Å²) in [7, 11) is 0. The summed E-state index contributed by atoms with van der Waals surface area (Å²) in [5, 5.41) is 2.76. The number of urea groups is 1. The van der Waals surface area contributed by atoms with Crippen LogP contribution in [0.15, 0.2) is 42.5 Å². The van der Waals surface area contributed by atoms with Crippen molar-refractivity contribution < 1.29 is 23.0 Å². The third kappa shape index (κ3) is 3.74. The SMILES string of the molecule is CC(F)(F)c1cccc(NC(=O)N2CCCC2c2ccc3c(c2)OCCO3)c1. The molecule has 4 rings (SSSR count). The topological polar surface area (TPSA) is 50.8 Å². The number of alkyl halides is 2. The maximum atomic E-state index is 13.5. The highest BCUT2D eigenvalue weighted by Crippen LogP contribution is 2.38. The number of amides is 2. The van der Waals surface area contributed by atoms with E-state index in [1.165, 1.54) is 18.2 Å². The number of halogens is 2. The van der Waals surface area contributed by atoms with Crippen LogP contribution in [-0.2, 0) is 5.92 Å². The van der Waals surface area contributed by atoms with E-state index in [2.05, 4.69) is 5.32 Å².